The highest BCUT2D eigenvalue weighted by atomic mass is 127. The van der Waals surface area contributed by atoms with Crippen LogP contribution in [0.3, 0.4) is 0 Å². The van der Waals surface area contributed by atoms with E-state index in [-0.39, 0.29) is 10.6 Å². The lowest BCUT2D eigenvalue weighted by Gasteiger charge is -2.38. The van der Waals surface area contributed by atoms with Crippen LogP contribution in [0, 0.1) is 13.7 Å². The smallest absolute Gasteiger partial charge is 0.270 e. The molecule has 1 unspecified atom stereocenters. The summed E-state index contributed by atoms with van der Waals surface area (Å²) >= 11 is 2.21. The van der Waals surface area contributed by atoms with E-state index in [2.05, 4.69) is 32.8 Å². The van der Waals surface area contributed by atoms with Gasteiger partial charge in [-0.2, -0.15) is 0 Å². The van der Waals surface area contributed by atoms with Crippen LogP contribution in [0.15, 0.2) is 18.2 Å². The third kappa shape index (κ3) is 3.60. The summed E-state index contributed by atoms with van der Waals surface area (Å²) in [6.07, 6.45) is 4.79. The first kappa shape index (κ1) is 15.5. The van der Waals surface area contributed by atoms with Crippen molar-refractivity contribution in [3.63, 3.8) is 0 Å². The number of nitrogens with one attached hydrogen (secondary N) is 1. The Bertz CT molecular complexity index is 481. The number of rotatable bonds is 5. The zero-order valence-corrected chi connectivity index (χ0v) is 13.8. The second-order valence-electron chi connectivity index (χ2n) is 5.13. The predicted octanol–water partition coefficient (Wildman–Crippen LogP) is 3.17. The summed E-state index contributed by atoms with van der Waals surface area (Å²) in [5.41, 5.74) is 1.30. The van der Waals surface area contributed by atoms with Crippen molar-refractivity contribution in [1.82, 2.24) is 5.32 Å². The molecule has 0 radical (unpaired) electrons. The maximum Gasteiger partial charge on any atom is 0.270 e. The molecule has 1 aliphatic heterocycles. The van der Waals surface area contributed by atoms with Crippen LogP contribution in [0.4, 0.5) is 11.4 Å². The normalized spacial score (nSPS) is 19.1. The van der Waals surface area contributed by atoms with Crippen LogP contribution in [-0.2, 0) is 0 Å². The van der Waals surface area contributed by atoms with Gasteiger partial charge >= 0.3 is 0 Å². The third-order valence-electron chi connectivity index (χ3n) is 3.81. The molecule has 0 saturated carbocycles. The Morgan fingerprint density at radius 2 is 2.30 bits per heavy atom. The maximum atomic E-state index is 10.8. The van der Waals surface area contributed by atoms with Crippen LogP contribution in [0.1, 0.15) is 25.7 Å². The molecule has 1 saturated heterocycles. The van der Waals surface area contributed by atoms with Crippen molar-refractivity contribution < 1.29 is 4.92 Å². The molecule has 1 aromatic rings. The van der Waals surface area contributed by atoms with Gasteiger partial charge < -0.3 is 10.2 Å². The van der Waals surface area contributed by atoms with Gasteiger partial charge in [0.2, 0.25) is 0 Å². The van der Waals surface area contributed by atoms with Gasteiger partial charge in [0.25, 0.3) is 5.69 Å². The highest BCUT2D eigenvalue weighted by molar-refractivity contribution is 14.1. The molecule has 0 spiro atoms. The maximum absolute atomic E-state index is 10.8. The first-order valence-electron chi connectivity index (χ1n) is 6.98. The minimum absolute atomic E-state index is 0.168. The number of halogens is 1. The fourth-order valence-electron chi connectivity index (χ4n) is 2.77. The van der Waals surface area contributed by atoms with Crippen LogP contribution in [-0.4, -0.2) is 31.1 Å². The average Bonchev–Trinajstić information content (AvgIpc) is 2.45. The largest absolute Gasteiger partial charge is 0.368 e. The Hall–Kier alpha value is -0.890. The van der Waals surface area contributed by atoms with Crippen molar-refractivity contribution in [2.24, 2.45) is 0 Å². The lowest BCUT2D eigenvalue weighted by Crippen LogP contribution is -2.41. The fourth-order valence-corrected chi connectivity index (χ4v) is 3.58. The molecule has 6 heteroatoms. The van der Waals surface area contributed by atoms with Crippen molar-refractivity contribution in [2.75, 3.05) is 25.0 Å². The van der Waals surface area contributed by atoms with Gasteiger partial charge in [0.1, 0.15) is 0 Å². The van der Waals surface area contributed by atoms with Crippen LogP contribution >= 0.6 is 22.6 Å². The Labute approximate surface area is 133 Å². The van der Waals surface area contributed by atoms with Gasteiger partial charge in [-0.1, -0.05) is 0 Å². The molecule has 1 aromatic carbocycles. The van der Waals surface area contributed by atoms with Crippen LogP contribution in [0.2, 0.25) is 0 Å². The molecule has 1 fully saturated rings. The summed E-state index contributed by atoms with van der Waals surface area (Å²) in [5.74, 6) is 0. The van der Waals surface area contributed by atoms with Crippen molar-refractivity contribution in [2.45, 2.75) is 31.7 Å². The zero-order valence-electron chi connectivity index (χ0n) is 11.6. The van der Waals surface area contributed by atoms with E-state index in [4.69, 9.17) is 0 Å². The molecule has 5 nitrogen and oxygen atoms in total. The van der Waals surface area contributed by atoms with Crippen molar-refractivity contribution in [1.29, 1.82) is 0 Å². The van der Waals surface area contributed by atoms with Gasteiger partial charge in [0.15, 0.2) is 0 Å². The van der Waals surface area contributed by atoms with E-state index in [0.717, 1.165) is 28.8 Å². The zero-order chi connectivity index (χ0) is 14.5. The van der Waals surface area contributed by atoms with Crippen molar-refractivity contribution >= 4 is 34.0 Å². The topological polar surface area (TPSA) is 58.4 Å². The minimum Gasteiger partial charge on any atom is -0.368 e. The fraction of sp³-hybridized carbons (Fsp3) is 0.571. The Balaban J connectivity index is 2.21. The summed E-state index contributed by atoms with van der Waals surface area (Å²) in [5, 5.41) is 14.0. The summed E-state index contributed by atoms with van der Waals surface area (Å²) in [6, 6.07) is 5.71. The summed E-state index contributed by atoms with van der Waals surface area (Å²) in [4.78, 5) is 12.9. The second-order valence-corrected chi connectivity index (χ2v) is 6.29. The van der Waals surface area contributed by atoms with Crippen LogP contribution in [0.25, 0.3) is 0 Å². The molecule has 1 N–H and O–H groups in total. The Morgan fingerprint density at radius 3 is 2.95 bits per heavy atom. The molecule has 2 rings (SSSR count). The molecule has 110 valence electrons. The second kappa shape index (κ2) is 7.21. The summed E-state index contributed by atoms with van der Waals surface area (Å²) in [6.45, 7) is 2.05. The summed E-state index contributed by atoms with van der Waals surface area (Å²) in [7, 11) is 1.98. The average molecular weight is 389 g/mol. The van der Waals surface area contributed by atoms with E-state index >= 15 is 0 Å². The number of hydrogen-bond donors (Lipinski definition) is 1. The number of hydrogen-bond acceptors (Lipinski definition) is 4. The molecule has 1 atom stereocenters. The molecule has 0 aliphatic carbocycles. The van der Waals surface area contributed by atoms with Gasteiger partial charge in [0.05, 0.1) is 10.6 Å². The van der Waals surface area contributed by atoms with Crippen LogP contribution in [0.5, 0.6) is 0 Å². The highest BCUT2D eigenvalue weighted by Gasteiger charge is 2.24. The molecule has 0 aromatic heterocycles. The molecular formula is C14H20IN3O2. The number of benzene rings is 1. The molecular weight excluding hydrogens is 369 g/mol. The Kier molecular flexibility index (Phi) is 5.59. The quantitative estimate of drug-likeness (QED) is 0.478. The number of nitro benzene ring substituents is 1. The predicted molar refractivity (Wildman–Crippen MR) is 89.3 cm³/mol. The summed E-state index contributed by atoms with van der Waals surface area (Å²) < 4.78 is 0.966. The van der Waals surface area contributed by atoms with Gasteiger partial charge in [-0.05, 0) is 67.9 Å². The first-order valence-corrected chi connectivity index (χ1v) is 8.06. The van der Waals surface area contributed by atoms with E-state index in [1.165, 1.54) is 19.3 Å². The third-order valence-corrected chi connectivity index (χ3v) is 4.67. The number of nitrogens with zero attached hydrogens (tertiary/aromatic N) is 2. The monoisotopic (exact) mass is 389 g/mol. The molecule has 20 heavy (non-hydrogen) atoms. The molecule has 1 aliphatic rings. The standard InChI is InChI=1S/C14H20IN3O2/c1-16-8-7-11-4-2-3-9-17(11)14-6-5-12(18(19)20)10-13(14)15/h5-6,10-11,16H,2-4,7-9H2,1H3. The van der Waals surface area contributed by atoms with E-state index < -0.39 is 0 Å². The molecule has 0 amide bonds. The lowest BCUT2D eigenvalue weighted by atomic mass is 9.98. The molecule has 1 heterocycles. The van der Waals surface area contributed by atoms with Gasteiger partial charge in [-0.15, -0.1) is 0 Å². The first-order chi connectivity index (χ1) is 9.63. The number of non-ortho nitro benzene ring substituents is 1. The van der Waals surface area contributed by atoms with E-state index in [1.54, 1.807) is 12.1 Å². The van der Waals surface area contributed by atoms with Gasteiger partial charge in [-0.25, -0.2) is 0 Å². The van der Waals surface area contributed by atoms with Crippen molar-refractivity contribution in [3.05, 3.63) is 31.9 Å². The molecule has 0 bridgehead atoms. The Morgan fingerprint density at radius 1 is 1.50 bits per heavy atom. The van der Waals surface area contributed by atoms with Crippen LogP contribution < -0.4 is 10.2 Å². The lowest BCUT2D eigenvalue weighted by molar-refractivity contribution is -0.384. The highest BCUT2D eigenvalue weighted by Crippen LogP contribution is 2.32. The van der Waals surface area contributed by atoms with E-state index in [0.29, 0.717) is 6.04 Å². The van der Waals surface area contributed by atoms with Gasteiger partial charge in [-0.3, -0.25) is 10.1 Å². The number of piperidine rings is 1. The van der Waals surface area contributed by atoms with Crippen molar-refractivity contribution in [3.8, 4) is 0 Å². The van der Waals surface area contributed by atoms with E-state index in [1.807, 2.05) is 13.1 Å². The van der Waals surface area contributed by atoms with E-state index in [9.17, 15) is 10.1 Å². The minimum atomic E-state index is -0.333. The number of anilines is 1. The number of nitro groups is 1. The van der Waals surface area contributed by atoms with Gasteiger partial charge in [0, 0.05) is 28.3 Å². The SMILES string of the molecule is CNCCC1CCCCN1c1ccc([N+](=O)[O-])cc1I.